The maximum atomic E-state index is 9.12. The lowest BCUT2D eigenvalue weighted by atomic mass is 10.3. The SMILES string of the molecule is CC(O)COc1csc2ccnc(N)c12. The Labute approximate surface area is 91.3 Å². The lowest BCUT2D eigenvalue weighted by Crippen LogP contribution is -2.12. The van der Waals surface area contributed by atoms with Crippen LogP contribution in [0.5, 0.6) is 5.75 Å². The summed E-state index contributed by atoms with van der Waals surface area (Å²) in [5.74, 6) is 1.16. The minimum absolute atomic E-state index is 0.264. The minimum atomic E-state index is -0.488. The number of anilines is 1. The van der Waals surface area contributed by atoms with Gasteiger partial charge in [0.2, 0.25) is 0 Å². The Morgan fingerprint density at radius 3 is 3.20 bits per heavy atom. The molecule has 0 saturated heterocycles. The number of nitrogens with two attached hydrogens (primary N) is 1. The van der Waals surface area contributed by atoms with Crippen molar-refractivity contribution in [1.29, 1.82) is 0 Å². The van der Waals surface area contributed by atoms with Crippen molar-refractivity contribution < 1.29 is 9.84 Å². The Morgan fingerprint density at radius 1 is 1.67 bits per heavy atom. The van der Waals surface area contributed by atoms with Crippen LogP contribution in [0.4, 0.5) is 5.82 Å². The molecular formula is C10H12N2O2S. The van der Waals surface area contributed by atoms with Gasteiger partial charge in [-0.2, -0.15) is 0 Å². The molecule has 2 aromatic heterocycles. The topological polar surface area (TPSA) is 68.4 Å². The zero-order valence-corrected chi connectivity index (χ0v) is 9.12. The fraction of sp³-hybridized carbons (Fsp3) is 0.300. The second-order valence-electron chi connectivity index (χ2n) is 3.33. The van der Waals surface area contributed by atoms with E-state index in [0.717, 1.165) is 10.1 Å². The molecule has 0 amide bonds. The van der Waals surface area contributed by atoms with E-state index < -0.39 is 6.10 Å². The van der Waals surface area contributed by atoms with Crippen LogP contribution in [0.1, 0.15) is 6.92 Å². The van der Waals surface area contributed by atoms with Gasteiger partial charge in [0, 0.05) is 16.3 Å². The number of aliphatic hydroxyl groups excluding tert-OH is 1. The standard InChI is InChI=1S/C10H12N2O2S/c1-6(13)4-14-7-5-15-8-2-3-12-10(11)9(7)8/h2-3,5-6,13H,4H2,1H3,(H2,11,12). The van der Waals surface area contributed by atoms with Gasteiger partial charge < -0.3 is 15.6 Å². The molecule has 0 fully saturated rings. The molecule has 2 heterocycles. The monoisotopic (exact) mass is 224 g/mol. The van der Waals surface area contributed by atoms with Gasteiger partial charge in [0.25, 0.3) is 0 Å². The average Bonchev–Trinajstić information content (AvgIpc) is 2.59. The van der Waals surface area contributed by atoms with E-state index in [-0.39, 0.29) is 6.61 Å². The van der Waals surface area contributed by atoms with E-state index in [1.807, 2.05) is 11.4 Å². The second kappa shape index (κ2) is 4.04. The molecule has 0 bridgehead atoms. The summed E-state index contributed by atoms with van der Waals surface area (Å²) in [4.78, 5) is 4.01. The molecule has 2 rings (SSSR count). The summed E-state index contributed by atoms with van der Waals surface area (Å²) in [6, 6.07) is 1.89. The van der Waals surface area contributed by atoms with Crippen LogP contribution >= 0.6 is 11.3 Å². The van der Waals surface area contributed by atoms with Crippen LogP contribution in [0.15, 0.2) is 17.6 Å². The molecule has 4 nitrogen and oxygen atoms in total. The summed E-state index contributed by atoms with van der Waals surface area (Å²) in [5, 5.41) is 11.8. The van der Waals surface area contributed by atoms with E-state index in [9.17, 15) is 0 Å². The fourth-order valence-corrected chi connectivity index (χ4v) is 2.18. The molecule has 3 N–H and O–H groups in total. The molecule has 1 unspecified atom stereocenters. The molecule has 0 aliphatic carbocycles. The van der Waals surface area contributed by atoms with Crippen molar-refractivity contribution in [3.63, 3.8) is 0 Å². The van der Waals surface area contributed by atoms with Gasteiger partial charge >= 0.3 is 0 Å². The van der Waals surface area contributed by atoms with E-state index in [1.54, 1.807) is 24.5 Å². The highest BCUT2D eigenvalue weighted by Gasteiger charge is 2.09. The zero-order valence-electron chi connectivity index (χ0n) is 8.30. The van der Waals surface area contributed by atoms with Crippen molar-refractivity contribution in [2.45, 2.75) is 13.0 Å². The number of nitrogens with zero attached hydrogens (tertiary/aromatic N) is 1. The van der Waals surface area contributed by atoms with Gasteiger partial charge in [-0.25, -0.2) is 4.98 Å². The van der Waals surface area contributed by atoms with Crippen molar-refractivity contribution in [2.24, 2.45) is 0 Å². The number of rotatable bonds is 3. The molecule has 0 saturated carbocycles. The molecule has 2 aromatic rings. The van der Waals surface area contributed by atoms with Gasteiger partial charge in [0.05, 0.1) is 11.5 Å². The molecule has 5 heteroatoms. The van der Waals surface area contributed by atoms with Gasteiger partial charge in [0.1, 0.15) is 18.2 Å². The van der Waals surface area contributed by atoms with Crippen LogP contribution < -0.4 is 10.5 Å². The maximum Gasteiger partial charge on any atom is 0.141 e. The van der Waals surface area contributed by atoms with E-state index >= 15 is 0 Å². The average molecular weight is 224 g/mol. The largest absolute Gasteiger partial charge is 0.489 e. The van der Waals surface area contributed by atoms with Crippen LogP contribution in [0.3, 0.4) is 0 Å². The zero-order chi connectivity index (χ0) is 10.8. The molecule has 0 aromatic carbocycles. The number of hydrogen-bond donors (Lipinski definition) is 2. The molecule has 0 aliphatic rings. The van der Waals surface area contributed by atoms with Crippen LogP contribution in [-0.2, 0) is 0 Å². The molecular weight excluding hydrogens is 212 g/mol. The molecule has 80 valence electrons. The van der Waals surface area contributed by atoms with E-state index in [4.69, 9.17) is 15.6 Å². The summed E-state index contributed by atoms with van der Waals surface area (Å²) in [6.07, 6.45) is 1.19. The van der Waals surface area contributed by atoms with Crippen LogP contribution in [0.2, 0.25) is 0 Å². The number of nitrogen functional groups attached to an aromatic ring is 1. The number of pyridine rings is 1. The van der Waals surface area contributed by atoms with Crippen molar-refractivity contribution in [3.8, 4) is 5.75 Å². The number of thiophene rings is 1. The van der Waals surface area contributed by atoms with E-state index in [1.165, 1.54) is 0 Å². The lowest BCUT2D eigenvalue weighted by molar-refractivity contribution is 0.124. The molecule has 0 radical (unpaired) electrons. The number of ether oxygens (including phenoxy) is 1. The Morgan fingerprint density at radius 2 is 2.47 bits per heavy atom. The highest BCUT2D eigenvalue weighted by Crippen LogP contribution is 2.35. The van der Waals surface area contributed by atoms with Crippen molar-refractivity contribution in [3.05, 3.63) is 17.6 Å². The number of aliphatic hydroxyl groups is 1. The minimum Gasteiger partial charge on any atom is -0.489 e. The highest BCUT2D eigenvalue weighted by molar-refractivity contribution is 7.17. The molecule has 0 spiro atoms. The summed E-state index contributed by atoms with van der Waals surface area (Å²) in [6.45, 7) is 1.94. The number of aromatic nitrogens is 1. The third kappa shape index (κ3) is 2.03. The van der Waals surface area contributed by atoms with E-state index in [0.29, 0.717) is 11.6 Å². The predicted octanol–water partition coefficient (Wildman–Crippen LogP) is 1.64. The Hall–Kier alpha value is -1.33. The van der Waals surface area contributed by atoms with Crippen LogP contribution in [-0.4, -0.2) is 22.8 Å². The molecule has 1 atom stereocenters. The molecule has 0 aliphatic heterocycles. The van der Waals surface area contributed by atoms with Crippen molar-refractivity contribution in [2.75, 3.05) is 12.3 Å². The maximum absolute atomic E-state index is 9.12. The summed E-state index contributed by atoms with van der Waals surface area (Å²) < 4.78 is 6.49. The van der Waals surface area contributed by atoms with Gasteiger partial charge in [0.15, 0.2) is 0 Å². The van der Waals surface area contributed by atoms with Crippen LogP contribution in [0.25, 0.3) is 10.1 Å². The van der Waals surface area contributed by atoms with Gasteiger partial charge in [-0.15, -0.1) is 11.3 Å². The second-order valence-corrected chi connectivity index (χ2v) is 4.24. The van der Waals surface area contributed by atoms with Gasteiger partial charge in [-0.1, -0.05) is 0 Å². The number of hydrogen-bond acceptors (Lipinski definition) is 5. The van der Waals surface area contributed by atoms with E-state index in [2.05, 4.69) is 4.98 Å². The van der Waals surface area contributed by atoms with Crippen molar-refractivity contribution in [1.82, 2.24) is 4.98 Å². The first-order valence-corrected chi connectivity index (χ1v) is 5.49. The Balaban J connectivity index is 2.35. The summed E-state index contributed by atoms with van der Waals surface area (Å²) >= 11 is 1.55. The number of fused-ring (bicyclic) bond motifs is 1. The molecule has 15 heavy (non-hydrogen) atoms. The predicted molar refractivity (Wildman–Crippen MR) is 61.2 cm³/mol. The first kappa shape index (κ1) is 10.2. The Kier molecular flexibility index (Phi) is 2.75. The first-order chi connectivity index (χ1) is 7.18. The van der Waals surface area contributed by atoms with Gasteiger partial charge in [-0.05, 0) is 13.0 Å². The van der Waals surface area contributed by atoms with Crippen molar-refractivity contribution >= 4 is 27.2 Å². The third-order valence-corrected chi connectivity index (χ3v) is 2.89. The normalized spacial score (nSPS) is 12.9. The van der Waals surface area contributed by atoms with Crippen LogP contribution in [0, 0.1) is 0 Å². The summed E-state index contributed by atoms with van der Waals surface area (Å²) in [5.41, 5.74) is 5.76. The third-order valence-electron chi connectivity index (χ3n) is 1.96. The summed E-state index contributed by atoms with van der Waals surface area (Å²) in [7, 11) is 0. The first-order valence-electron chi connectivity index (χ1n) is 4.61. The fourth-order valence-electron chi connectivity index (χ4n) is 1.30. The van der Waals surface area contributed by atoms with Gasteiger partial charge in [-0.3, -0.25) is 0 Å². The highest BCUT2D eigenvalue weighted by atomic mass is 32.1. The lowest BCUT2D eigenvalue weighted by Gasteiger charge is -2.07. The smallest absolute Gasteiger partial charge is 0.141 e. The quantitative estimate of drug-likeness (QED) is 0.831. The Bertz CT molecular complexity index is 467.